The Morgan fingerprint density at radius 2 is 1.52 bits per heavy atom. The number of hydrogen-bond donors (Lipinski definition) is 19. The van der Waals surface area contributed by atoms with E-state index in [0.29, 0.717) is 0 Å². The summed E-state index contributed by atoms with van der Waals surface area (Å²) >= 11 is 20.7. The number of thiocarbonyl (C=S) groups is 1. The maximum Gasteiger partial charge on any atom is 0.247 e. The summed E-state index contributed by atoms with van der Waals surface area (Å²) in [5.41, 5.74) is 11.0. The van der Waals surface area contributed by atoms with Crippen LogP contribution in [0.25, 0.3) is 0 Å². The van der Waals surface area contributed by atoms with E-state index in [1.54, 1.807) is 6.92 Å². The number of benzene rings is 1. The Kier molecular flexibility index (Phi) is 23.6. The second-order valence-electron chi connectivity index (χ2n) is 26.9. The van der Waals surface area contributed by atoms with Gasteiger partial charge in [0.05, 0.1) is 66.2 Å². The third-order valence-electron chi connectivity index (χ3n) is 19.0. The number of nitrogens with two attached hydrogens (primary N) is 2. The van der Waals surface area contributed by atoms with Crippen molar-refractivity contribution in [2.45, 2.75) is 200 Å². The monoisotopic (exact) mass is 1460 g/mol. The number of ether oxygens (including phenoxy) is 6. The number of rotatable bonds is 13. The molecule has 21 atom stereocenters. The highest BCUT2D eigenvalue weighted by Gasteiger charge is 2.52. The molecule has 34 heteroatoms. The number of fused-ring (bicyclic) bond motifs is 15. The Morgan fingerprint density at radius 3 is 2.17 bits per heavy atom. The zero-order chi connectivity index (χ0) is 72.7. The van der Waals surface area contributed by atoms with Crippen molar-refractivity contribution in [2.24, 2.45) is 23.3 Å². The Hall–Kier alpha value is -7.09. The first kappa shape index (κ1) is 75.6. The van der Waals surface area contributed by atoms with E-state index < -0.39 is 210 Å². The number of likely N-dealkylation sites (N-methyl/N-ethyl adjacent to an activating group) is 1. The van der Waals surface area contributed by atoms with Crippen molar-refractivity contribution in [3.8, 4) is 17.2 Å². The molecule has 1 aromatic rings. The molecule has 7 aliphatic heterocycles. The molecule has 12 rings (SSSR count). The van der Waals surface area contributed by atoms with Crippen LogP contribution in [0.1, 0.15) is 90.7 Å². The smallest absolute Gasteiger partial charge is 0.247 e. The van der Waals surface area contributed by atoms with Crippen molar-refractivity contribution in [1.82, 2.24) is 37.2 Å². The first-order valence-corrected chi connectivity index (χ1v) is 33.9. The summed E-state index contributed by atoms with van der Waals surface area (Å²) in [4.78, 5) is 87.6. The third-order valence-corrected chi connectivity index (χ3v) is 20.1. The molecule has 4 aliphatic carbocycles. The van der Waals surface area contributed by atoms with E-state index in [9.17, 15) is 70.2 Å². The molecule has 3 saturated heterocycles. The van der Waals surface area contributed by atoms with Gasteiger partial charge in [-0.2, -0.15) is 0 Å². The van der Waals surface area contributed by atoms with Crippen LogP contribution in [-0.4, -0.2) is 226 Å². The second kappa shape index (κ2) is 31.2. The number of nitrogens with one attached hydrogen (secondary N) is 7. The standard InChI is InChI=1S/C66H85Cl2N9O22S/c1-24(2)12-35(71-5)59(89)75-50-52(84)27-7-10-40(33(67)14-27)95-42-16-29-17-43(56(42)99-65-57(55(87)54(86)44(23-79)97-65)98-46-21-66(4,70)58(88)25(3)94-46)96-41-11-8-28(15-34(41)68)53(85)51-63(93)73-37(22-78)31-18-30(80)19-39(82)47(31)32-13-26(6-9-38(32)81)48(61(91)76-51)77-64(100)49(29)74-60(90)36(20-45(69)83)72-62(50)92/h6,8-9,11,14,16-18,24-25,30,32,34-37,44,46,48-55,57-58,65,71,78-82,84-88H,7,10,12-13,15,19-23,70H2,1-5H3,(H2,69,83)(H,72,92)(H,73,93)(H,74,90)(H,75,89)(H,76,91)(H,77,100)/t25?,30?,32?,34?,35-,36+,37-,44?,46+,48-,49-,50-,51+,52-,53-,54?,55+,57?,58-,65-,66?/m1/s1. The third kappa shape index (κ3) is 16.2. The molecule has 0 aromatic heterocycles. The number of aliphatic hydroxyl groups excluding tert-OH is 10. The summed E-state index contributed by atoms with van der Waals surface area (Å²) in [6.07, 6.45) is -12.3. The first-order chi connectivity index (χ1) is 47.3. The molecule has 0 spiro atoms. The van der Waals surface area contributed by atoms with Gasteiger partial charge in [0.1, 0.15) is 83.0 Å². The fraction of sp³-hybridized carbons (Fsp3) is 0.561. The van der Waals surface area contributed by atoms with Crippen LogP contribution in [0.5, 0.6) is 17.2 Å². The molecule has 31 nitrogen and oxygen atoms in total. The molecule has 11 bridgehead atoms. The van der Waals surface area contributed by atoms with Gasteiger partial charge < -0.3 is 128 Å². The lowest BCUT2D eigenvalue weighted by Gasteiger charge is -2.47. The number of halogens is 2. The lowest BCUT2D eigenvalue weighted by Crippen LogP contribution is -2.64. The van der Waals surface area contributed by atoms with Gasteiger partial charge in [0, 0.05) is 36.3 Å². The number of allylic oxidation sites excluding steroid dienone is 9. The van der Waals surface area contributed by atoms with Crippen molar-refractivity contribution >= 4 is 75.9 Å². The van der Waals surface area contributed by atoms with E-state index in [2.05, 4.69) is 37.2 Å². The molecule has 21 N–H and O–H groups in total. The summed E-state index contributed by atoms with van der Waals surface area (Å²) in [7, 11) is 1.52. The zero-order valence-electron chi connectivity index (χ0n) is 55.0. The largest absolute Gasteiger partial charge is 0.512 e. The predicted octanol–water partition coefficient (Wildman–Crippen LogP) is -1.61. The van der Waals surface area contributed by atoms with Gasteiger partial charge in [-0.15, -0.1) is 11.6 Å². The molecule has 100 heavy (non-hydrogen) atoms. The minimum Gasteiger partial charge on any atom is -0.512 e. The number of aliphatic hydroxyl groups is 10. The number of amides is 6. The van der Waals surface area contributed by atoms with Gasteiger partial charge in [0.15, 0.2) is 23.9 Å². The van der Waals surface area contributed by atoms with Crippen LogP contribution >= 0.6 is 35.4 Å². The SMILES string of the molecule is CN[C@H](CC(C)C)C(=O)N[C@H]1C(=O)N[C@@H](CC(N)=O)C(=O)N[C@H]2C(=S)N[C@H]3C(=O)N[C@H](C(=O)N[C@H](CO)C4=CC(O)CC(O)=C4C4CC3=CC=C4O)[C@H](O)C3=CC=C(Oc4cc2cc(c4O[C@H]2OC(CO)C(O)[C@H](O)C2O[C@H]2CC(C)(N)[C@H](O)C(C)O2)OC2=C(Cl)C=C(CC2)[C@H]1O)C(Cl)C3. The Morgan fingerprint density at radius 1 is 0.820 bits per heavy atom. The lowest BCUT2D eigenvalue weighted by atomic mass is 9.75. The summed E-state index contributed by atoms with van der Waals surface area (Å²) in [6.45, 7) is 5.01. The van der Waals surface area contributed by atoms with Gasteiger partial charge in [-0.3, -0.25) is 28.8 Å². The summed E-state index contributed by atoms with van der Waals surface area (Å²) in [5, 5.41) is 133. The predicted molar refractivity (Wildman–Crippen MR) is 358 cm³/mol. The highest BCUT2D eigenvalue weighted by atomic mass is 35.5. The molecule has 1 aromatic carbocycles. The Balaban J connectivity index is 1.21. The van der Waals surface area contributed by atoms with E-state index >= 15 is 9.59 Å². The van der Waals surface area contributed by atoms with Crippen molar-refractivity contribution in [3.05, 3.63) is 110 Å². The highest BCUT2D eigenvalue weighted by molar-refractivity contribution is 7.80. The summed E-state index contributed by atoms with van der Waals surface area (Å²) in [6, 6.07) is -9.41. The molecule has 8 unspecified atom stereocenters. The van der Waals surface area contributed by atoms with Crippen LogP contribution in [0.3, 0.4) is 0 Å². The molecule has 0 saturated carbocycles. The Bertz CT molecular complexity index is 3670. The van der Waals surface area contributed by atoms with Crippen LogP contribution in [-0.2, 0) is 43.0 Å². The highest BCUT2D eigenvalue weighted by Crippen LogP contribution is 2.48. The summed E-state index contributed by atoms with van der Waals surface area (Å²) in [5.74, 6) is -10.1. The van der Waals surface area contributed by atoms with Crippen LogP contribution in [0, 0.1) is 11.8 Å². The van der Waals surface area contributed by atoms with E-state index in [-0.39, 0.29) is 107 Å². The van der Waals surface area contributed by atoms with E-state index in [0.717, 1.165) is 0 Å². The van der Waals surface area contributed by atoms with Crippen LogP contribution in [0.2, 0.25) is 0 Å². The average Bonchev–Trinajstić information content (AvgIpc) is 0.771. The zero-order valence-corrected chi connectivity index (χ0v) is 57.3. The van der Waals surface area contributed by atoms with E-state index in [4.69, 9.17) is 75.3 Å². The molecular formula is C66H85Cl2N9O22S. The molecule has 3 fully saturated rings. The molecule has 11 aliphatic rings. The van der Waals surface area contributed by atoms with E-state index in [1.807, 2.05) is 13.8 Å². The van der Waals surface area contributed by atoms with E-state index in [1.165, 1.54) is 62.6 Å². The number of primary amides is 1. The average molecular weight is 1460 g/mol. The fourth-order valence-corrected chi connectivity index (χ4v) is 14.5. The van der Waals surface area contributed by atoms with Gasteiger partial charge in [-0.1, -0.05) is 49.8 Å². The minimum atomic E-state index is -1.99. The maximum absolute atomic E-state index is 15.5. The molecule has 6 amide bonds. The van der Waals surface area contributed by atoms with Gasteiger partial charge in [0.25, 0.3) is 0 Å². The molecular weight excluding hydrogens is 1370 g/mol. The van der Waals surface area contributed by atoms with Gasteiger partial charge in [-0.05, 0) is 117 Å². The number of alkyl halides is 1. The second-order valence-corrected chi connectivity index (χ2v) is 28.3. The first-order valence-electron chi connectivity index (χ1n) is 32.7. The van der Waals surface area contributed by atoms with Crippen LogP contribution in [0.4, 0.5) is 0 Å². The van der Waals surface area contributed by atoms with Crippen molar-refractivity contribution < 1.29 is 108 Å². The lowest BCUT2D eigenvalue weighted by molar-refractivity contribution is -0.333. The van der Waals surface area contributed by atoms with Gasteiger partial charge >= 0.3 is 0 Å². The van der Waals surface area contributed by atoms with Crippen LogP contribution < -0.4 is 62.9 Å². The minimum absolute atomic E-state index is 0.0123. The molecule has 546 valence electrons. The maximum atomic E-state index is 15.5. The number of carbonyl (C=O) groups excluding carboxylic acids is 6. The number of hydrogen-bond acceptors (Lipinski definition) is 25. The van der Waals surface area contributed by atoms with Gasteiger partial charge in [0.2, 0.25) is 47.5 Å². The van der Waals surface area contributed by atoms with Gasteiger partial charge in [-0.25, -0.2) is 0 Å². The number of carbonyl (C=O) groups is 6. The fourth-order valence-electron chi connectivity index (χ4n) is 13.6. The molecule has 0 radical (unpaired) electrons. The quantitative estimate of drug-likeness (QED) is 0.0780. The van der Waals surface area contributed by atoms with Crippen molar-refractivity contribution in [1.29, 1.82) is 0 Å². The van der Waals surface area contributed by atoms with Crippen molar-refractivity contribution in [2.75, 3.05) is 20.3 Å². The topological polar surface area (TPSA) is 496 Å². The molecule has 7 heterocycles. The van der Waals surface area contributed by atoms with Crippen molar-refractivity contribution in [3.63, 3.8) is 0 Å². The van der Waals surface area contributed by atoms with Crippen LogP contribution in [0.15, 0.2) is 105 Å². The summed E-state index contributed by atoms with van der Waals surface area (Å²) < 4.78 is 39.0. The Labute approximate surface area is 589 Å². The normalized spacial score (nSPS) is 35.5.